The zero-order valence-electron chi connectivity index (χ0n) is 17.4. The van der Waals surface area contributed by atoms with Crippen molar-refractivity contribution in [2.24, 2.45) is 0 Å². The Morgan fingerprint density at radius 3 is 2.44 bits per heavy atom. The Hall–Kier alpha value is -4.20. The van der Waals surface area contributed by atoms with Crippen LogP contribution in [0.2, 0.25) is 0 Å². The molecule has 2 aromatic carbocycles. The minimum Gasteiger partial charge on any atom is -0.507 e. The molecule has 2 N–H and O–H groups in total. The normalized spacial score (nSPS) is 17.6. The summed E-state index contributed by atoms with van der Waals surface area (Å²) >= 11 is 0. The van der Waals surface area contributed by atoms with E-state index in [2.05, 4.69) is 0 Å². The van der Waals surface area contributed by atoms with Gasteiger partial charge in [-0.25, -0.2) is 0 Å². The van der Waals surface area contributed by atoms with Gasteiger partial charge >= 0.3 is 0 Å². The molecule has 1 saturated heterocycles. The fourth-order valence-corrected chi connectivity index (χ4v) is 3.73. The smallest absolute Gasteiger partial charge is 0.296 e. The average Bonchev–Trinajstić information content (AvgIpc) is 3.41. The summed E-state index contributed by atoms with van der Waals surface area (Å²) in [6.45, 7) is 0.0187. The maximum absolute atomic E-state index is 13.0. The second-order valence-corrected chi connectivity index (χ2v) is 7.17. The molecule has 0 spiro atoms. The first-order valence-electron chi connectivity index (χ1n) is 9.76. The van der Waals surface area contributed by atoms with Gasteiger partial charge in [0.15, 0.2) is 11.5 Å². The standard InChI is InChI=1S/C24H21NO7/c1-30-16-8-5-14(6-9-16)22(27)20-21(15-7-10-18(26)19(12-15)31-2)25(24(29)23(20)28)13-17-4-3-11-32-17/h3-12,21,26-27H,13H2,1-2H3. The second kappa shape index (κ2) is 8.50. The van der Waals surface area contributed by atoms with Gasteiger partial charge in [0.05, 0.1) is 38.6 Å². The molecule has 8 heteroatoms. The van der Waals surface area contributed by atoms with E-state index in [4.69, 9.17) is 13.9 Å². The van der Waals surface area contributed by atoms with Crippen molar-refractivity contribution in [3.63, 3.8) is 0 Å². The van der Waals surface area contributed by atoms with Gasteiger partial charge in [0.1, 0.15) is 17.3 Å². The van der Waals surface area contributed by atoms with Gasteiger partial charge in [-0.2, -0.15) is 0 Å². The molecular weight excluding hydrogens is 414 g/mol. The number of hydrogen-bond acceptors (Lipinski definition) is 7. The van der Waals surface area contributed by atoms with Crippen molar-refractivity contribution in [2.75, 3.05) is 14.2 Å². The molecule has 8 nitrogen and oxygen atoms in total. The van der Waals surface area contributed by atoms with E-state index in [1.165, 1.54) is 37.5 Å². The summed E-state index contributed by atoms with van der Waals surface area (Å²) in [6, 6.07) is 13.5. The van der Waals surface area contributed by atoms with Crippen LogP contribution in [-0.2, 0) is 16.1 Å². The number of methoxy groups -OCH3 is 2. The number of furan rings is 1. The monoisotopic (exact) mass is 435 g/mol. The Bertz CT molecular complexity index is 1180. The highest BCUT2D eigenvalue weighted by Crippen LogP contribution is 2.42. The maximum atomic E-state index is 13.0. The van der Waals surface area contributed by atoms with E-state index >= 15 is 0 Å². The number of carbonyl (C=O) groups is 2. The van der Waals surface area contributed by atoms with Crippen molar-refractivity contribution in [3.8, 4) is 17.2 Å². The number of likely N-dealkylation sites (tertiary alicyclic amines) is 1. The number of hydrogen-bond donors (Lipinski definition) is 2. The van der Waals surface area contributed by atoms with Crippen LogP contribution >= 0.6 is 0 Å². The van der Waals surface area contributed by atoms with Crippen LogP contribution in [0.1, 0.15) is 22.9 Å². The van der Waals surface area contributed by atoms with Crippen molar-refractivity contribution >= 4 is 17.4 Å². The van der Waals surface area contributed by atoms with Crippen LogP contribution in [0.5, 0.6) is 17.2 Å². The Labute approximate surface area is 183 Å². The molecule has 32 heavy (non-hydrogen) atoms. The highest BCUT2D eigenvalue weighted by atomic mass is 16.5. The lowest BCUT2D eigenvalue weighted by atomic mass is 9.95. The van der Waals surface area contributed by atoms with Gasteiger partial charge in [0.2, 0.25) is 0 Å². The van der Waals surface area contributed by atoms with E-state index in [1.54, 1.807) is 42.5 Å². The number of ether oxygens (including phenoxy) is 2. The van der Waals surface area contributed by atoms with Gasteiger partial charge in [-0.1, -0.05) is 6.07 Å². The maximum Gasteiger partial charge on any atom is 0.296 e. The molecular formula is C24H21NO7. The van der Waals surface area contributed by atoms with Crippen molar-refractivity contribution < 1.29 is 33.7 Å². The van der Waals surface area contributed by atoms with E-state index in [0.717, 1.165) is 0 Å². The molecule has 1 aliphatic heterocycles. The molecule has 0 radical (unpaired) electrons. The molecule has 0 bridgehead atoms. The third kappa shape index (κ3) is 3.66. The fraction of sp³-hybridized carbons (Fsp3) is 0.167. The van der Waals surface area contributed by atoms with E-state index in [0.29, 0.717) is 22.6 Å². The molecule has 0 aliphatic carbocycles. The number of phenols is 1. The lowest BCUT2D eigenvalue weighted by molar-refractivity contribution is -0.140. The molecule has 1 fully saturated rings. The SMILES string of the molecule is COc1ccc(C(O)=C2C(=O)C(=O)N(Cc3ccco3)C2c2ccc(O)c(OC)c2)cc1. The Kier molecular flexibility index (Phi) is 5.59. The lowest BCUT2D eigenvalue weighted by Gasteiger charge is -2.25. The minimum atomic E-state index is -0.920. The molecule has 1 unspecified atom stereocenters. The first kappa shape index (κ1) is 21.0. The number of Topliss-reactive ketones (excluding diaryl/α,β-unsaturated/α-hetero) is 1. The molecule has 3 aromatic rings. The van der Waals surface area contributed by atoms with Crippen molar-refractivity contribution in [1.29, 1.82) is 0 Å². The highest BCUT2D eigenvalue weighted by molar-refractivity contribution is 6.46. The minimum absolute atomic E-state index is 0.0187. The molecule has 1 atom stereocenters. The Balaban J connectivity index is 1.87. The summed E-state index contributed by atoms with van der Waals surface area (Å²) in [7, 11) is 2.92. The molecule has 4 rings (SSSR count). The van der Waals surface area contributed by atoms with Gasteiger partial charge in [-0.3, -0.25) is 9.59 Å². The number of aliphatic hydroxyl groups excluding tert-OH is 1. The molecule has 1 amide bonds. The van der Waals surface area contributed by atoms with E-state index < -0.39 is 17.7 Å². The molecule has 2 heterocycles. The zero-order chi connectivity index (χ0) is 22.8. The van der Waals surface area contributed by atoms with Gasteiger partial charge in [-0.15, -0.1) is 0 Å². The summed E-state index contributed by atoms with van der Waals surface area (Å²) in [6.07, 6.45) is 1.47. The van der Waals surface area contributed by atoms with Crippen LogP contribution in [0, 0.1) is 0 Å². The summed E-state index contributed by atoms with van der Waals surface area (Å²) in [4.78, 5) is 27.3. The summed E-state index contributed by atoms with van der Waals surface area (Å²) in [5.41, 5.74) is 0.775. The Morgan fingerprint density at radius 1 is 1.06 bits per heavy atom. The predicted molar refractivity (Wildman–Crippen MR) is 114 cm³/mol. The lowest BCUT2D eigenvalue weighted by Crippen LogP contribution is -2.29. The largest absolute Gasteiger partial charge is 0.507 e. The molecule has 164 valence electrons. The second-order valence-electron chi connectivity index (χ2n) is 7.17. The van der Waals surface area contributed by atoms with Crippen LogP contribution in [0.4, 0.5) is 0 Å². The number of aromatic hydroxyl groups is 1. The third-order valence-electron chi connectivity index (χ3n) is 5.33. The fourth-order valence-electron chi connectivity index (χ4n) is 3.73. The number of aliphatic hydroxyl groups is 1. The van der Waals surface area contributed by atoms with Crippen LogP contribution in [0.15, 0.2) is 70.9 Å². The molecule has 0 saturated carbocycles. The van der Waals surface area contributed by atoms with E-state index in [9.17, 15) is 19.8 Å². The summed E-state index contributed by atoms with van der Waals surface area (Å²) in [5, 5.41) is 21.1. The first-order valence-corrected chi connectivity index (χ1v) is 9.76. The van der Waals surface area contributed by atoms with Gasteiger partial charge in [0.25, 0.3) is 11.7 Å². The zero-order valence-corrected chi connectivity index (χ0v) is 17.4. The van der Waals surface area contributed by atoms with Crippen molar-refractivity contribution in [2.45, 2.75) is 12.6 Å². The number of phenolic OH excluding ortho intramolecular Hbond substituents is 1. The van der Waals surface area contributed by atoms with Crippen LogP contribution < -0.4 is 9.47 Å². The van der Waals surface area contributed by atoms with Crippen molar-refractivity contribution in [3.05, 3.63) is 83.3 Å². The Morgan fingerprint density at radius 2 is 1.81 bits per heavy atom. The number of benzene rings is 2. The van der Waals surface area contributed by atoms with E-state index in [1.807, 2.05) is 0 Å². The van der Waals surface area contributed by atoms with Crippen LogP contribution in [-0.4, -0.2) is 41.0 Å². The topological polar surface area (TPSA) is 109 Å². The van der Waals surface area contributed by atoms with Crippen LogP contribution in [0.3, 0.4) is 0 Å². The van der Waals surface area contributed by atoms with Gasteiger partial charge in [0, 0.05) is 5.56 Å². The highest BCUT2D eigenvalue weighted by Gasteiger charge is 2.46. The number of rotatable bonds is 6. The van der Waals surface area contributed by atoms with Crippen LogP contribution in [0.25, 0.3) is 5.76 Å². The predicted octanol–water partition coefficient (Wildman–Crippen LogP) is 3.62. The number of carbonyl (C=O) groups excluding carboxylic acids is 2. The first-order chi connectivity index (χ1) is 15.4. The average molecular weight is 435 g/mol. The van der Waals surface area contributed by atoms with Crippen molar-refractivity contribution in [1.82, 2.24) is 4.90 Å². The number of nitrogens with zero attached hydrogens (tertiary/aromatic N) is 1. The number of ketones is 1. The van der Waals surface area contributed by atoms with E-state index in [-0.39, 0.29) is 29.4 Å². The van der Waals surface area contributed by atoms with Gasteiger partial charge in [-0.05, 0) is 54.1 Å². The molecule has 1 aliphatic rings. The summed E-state index contributed by atoms with van der Waals surface area (Å²) < 4.78 is 15.7. The third-order valence-corrected chi connectivity index (χ3v) is 5.33. The molecule has 1 aromatic heterocycles. The summed E-state index contributed by atoms with van der Waals surface area (Å²) in [5.74, 6) is -0.753. The number of amides is 1. The van der Waals surface area contributed by atoms with Gasteiger partial charge < -0.3 is 29.0 Å². The quantitative estimate of drug-likeness (QED) is 0.346.